The lowest BCUT2D eigenvalue weighted by atomic mass is 9.91. The summed E-state index contributed by atoms with van der Waals surface area (Å²) in [6.45, 7) is 5.75. The normalized spacial score (nSPS) is 20.2. The minimum absolute atomic E-state index is 0.0180. The largest absolute Gasteiger partial charge is 0.381 e. The van der Waals surface area contributed by atoms with Crippen molar-refractivity contribution in [2.75, 3.05) is 65.7 Å². The molecule has 4 amide bonds. The number of rotatable bonds is 17. The van der Waals surface area contributed by atoms with Gasteiger partial charge in [-0.1, -0.05) is 84.9 Å². The number of likely N-dealkylation sites (tertiary alicyclic amines) is 2. The first-order valence-electron chi connectivity index (χ1n) is 24.4. The predicted molar refractivity (Wildman–Crippen MR) is 256 cm³/mol. The van der Waals surface area contributed by atoms with Crippen molar-refractivity contribution in [3.63, 3.8) is 0 Å². The van der Waals surface area contributed by atoms with E-state index in [1.165, 1.54) is 0 Å². The van der Waals surface area contributed by atoms with Crippen LogP contribution in [0.1, 0.15) is 83.2 Å². The summed E-state index contributed by atoms with van der Waals surface area (Å²) in [5.41, 5.74) is 18.5. The van der Waals surface area contributed by atoms with Gasteiger partial charge in [0.1, 0.15) is 0 Å². The van der Waals surface area contributed by atoms with E-state index in [-0.39, 0.29) is 47.5 Å². The van der Waals surface area contributed by atoms with E-state index >= 15 is 0 Å². The SMILES string of the molecule is N[C@H](C(=O)N1CCC[C@H]1CN(CCc1ccccc1)C(=O)c1ccc(-c2ccc(C(=O)N(CCc3ccccc3)C[C@@H]3CCCN3C(=O)[C@@H](N)C3CCOCC3)cc2)cc1)C1CCOCC1. The molecule has 0 unspecified atom stereocenters. The molecule has 4 aliphatic heterocycles. The van der Waals surface area contributed by atoms with Crippen LogP contribution in [0.2, 0.25) is 0 Å². The Morgan fingerprint density at radius 3 is 1.24 bits per heavy atom. The maximum atomic E-state index is 14.4. The zero-order chi connectivity index (χ0) is 45.8. The molecule has 4 atom stereocenters. The molecule has 4 fully saturated rings. The minimum Gasteiger partial charge on any atom is -0.381 e. The molecule has 12 nitrogen and oxygen atoms in total. The number of ether oxygens (including phenoxy) is 2. The van der Waals surface area contributed by atoms with E-state index in [2.05, 4.69) is 24.3 Å². The van der Waals surface area contributed by atoms with Gasteiger partial charge in [0.25, 0.3) is 11.8 Å². The van der Waals surface area contributed by atoms with Gasteiger partial charge < -0.3 is 40.5 Å². The average molecular weight is 897 g/mol. The van der Waals surface area contributed by atoms with Gasteiger partial charge >= 0.3 is 0 Å². The Kier molecular flexibility index (Phi) is 16.3. The highest BCUT2D eigenvalue weighted by atomic mass is 16.5. The quantitative estimate of drug-likeness (QED) is 0.127. The van der Waals surface area contributed by atoms with Crippen LogP contribution in [-0.2, 0) is 31.9 Å². The number of nitrogens with two attached hydrogens (primary N) is 2. The van der Waals surface area contributed by atoms with Gasteiger partial charge in [-0.25, -0.2) is 0 Å². The fourth-order valence-corrected chi connectivity index (χ4v) is 10.4. The average Bonchev–Trinajstić information content (AvgIpc) is 4.06. The van der Waals surface area contributed by atoms with Gasteiger partial charge in [0, 0.05) is 88.9 Å². The zero-order valence-corrected chi connectivity index (χ0v) is 38.4. The number of benzene rings is 4. The Morgan fingerprint density at radius 2 is 0.879 bits per heavy atom. The first-order valence-corrected chi connectivity index (χ1v) is 24.4. The molecule has 350 valence electrons. The van der Waals surface area contributed by atoms with Crippen LogP contribution in [0.5, 0.6) is 0 Å². The van der Waals surface area contributed by atoms with Gasteiger partial charge in [0.2, 0.25) is 11.8 Å². The molecule has 4 heterocycles. The summed E-state index contributed by atoms with van der Waals surface area (Å²) in [4.78, 5) is 64.0. The van der Waals surface area contributed by atoms with Crippen LogP contribution < -0.4 is 11.5 Å². The van der Waals surface area contributed by atoms with Crippen molar-refractivity contribution >= 4 is 23.6 Å². The monoisotopic (exact) mass is 897 g/mol. The molecule has 8 rings (SSSR count). The number of hydrogen-bond donors (Lipinski definition) is 2. The van der Waals surface area contributed by atoms with Crippen molar-refractivity contribution in [3.8, 4) is 11.1 Å². The molecule has 4 aromatic carbocycles. The summed E-state index contributed by atoms with van der Waals surface area (Å²) < 4.78 is 11.1. The van der Waals surface area contributed by atoms with Gasteiger partial charge in [-0.15, -0.1) is 0 Å². The summed E-state index contributed by atoms with van der Waals surface area (Å²) in [7, 11) is 0. The summed E-state index contributed by atoms with van der Waals surface area (Å²) in [5.74, 6) is 0.0326. The lowest BCUT2D eigenvalue weighted by molar-refractivity contribution is -0.136. The van der Waals surface area contributed by atoms with Crippen molar-refractivity contribution in [2.24, 2.45) is 23.3 Å². The Balaban J connectivity index is 0.945. The van der Waals surface area contributed by atoms with E-state index in [0.29, 0.717) is 89.7 Å². The van der Waals surface area contributed by atoms with Gasteiger partial charge in [-0.2, -0.15) is 0 Å². The van der Waals surface area contributed by atoms with Crippen molar-refractivity contribution in [1.29, 1.82) is 0 Å². The third-order valence-electron chi connectivity index (χ3n) is 14.5. The first-order chi connectivity index (χ1) is 32.2. The molecule has 0 spiro atoms. The van der Waals surface area contributed by atoms with Crippen LogP contribution in [0, 0.1) is 11.8 Å². The fraction of sp³-hybridized carbons (Fsp3) is 0.481. The van der Waals surface area contributed by atoms with Gasteiger partial charge in [0.15, 0.2) is 0 Å². The fourth-order valence-electron chi connectivity index (χ4n) is 10.4. The number of hydrogen-bond acceptors (Lipinski definition) is 8. The van der Waals surface area contributed by atoms with Crippen LogP contribution in [0.4, 0.5) is 0 Å². The molecule has 66 heavy (non-hydrogen) atoms. The van der Waals surface area contributed by atoms with Crippen LogP contribution in [0.3, 0.4) is 0 Å². The summed E-state index contributed by atoms with van der Waals surface area (Å²) >= 11 is 0. The first kappa shape index (κ1) is 47.1. The molecule has 0 saturated carbocycles. The van der Waals surface area contributed by atoms with E-state index < -0.39 is 12.1 Å². The van der Waals surface area contributed by atoms with Gasteiger partial charge in [-0.3, -0.25) is 19.2 Å². The predicted octanol–water partition coefficient (Wildman–Crippen LogP) is 6.21. The van der Waals surface area contributed by atoms with E-state index in [1.807, 2.05) is 105 Å². The molecule has 12 heteroatoms. The van der Waals surface area contributed by atoms with E-state index in [4.69, 9.17) is 20.9 Å². The van der Waals surface area contributed by atoms with Gasteiger partial charge in [0.05, 0.1) is 12.1 Å². The summed E-state index contributed by atoms with van der Waals surface area (Å²) in [5, 5.41) is 0. The lowest BCUT2D eigenvalue weighted by Crippen LogP contribution is -2.53. The number of carbonyl (C=O) groups excluding carboxylic acids is 4. The van der Waals surface area contributed by atoms with Gasteiger partial charge in [-0.05, 0) is 123 Å². The van der Waals surface area contributed by atoms with Crippen molar-refractivity contribution in [3.05, 3.63) is 131 Å². The molecule has 4 aliphatic rings. The molecule has 0 radical (unpaired) electrons. The number of carbonyl (C=O) groups is 4. The highest BCUT2D eigenvalue weighted by Crippen LogP contribution is 2.28. The van der Waals surface area contributed by atoms with E-state index in [9.17, 15) is 19.2 Å². The van der Waals surface area contributed by atoms with Crippen molar-refractivity contribution in [1.82, 2.24) is 19.6 Å². The van der Waals surface area contributed by atoms with Crippen LogP contribution in [0.25, 0.3) is 11.1 Å². The number of amides is 4. The zero-order valence-electron chi connectivity index (χ0n) is 38.4. The van der Waals surface area contributed by atoms with Crippen molar-refractivity contribution in [2.45, 2.75) is 88.4 Å². The van der Waals surface area contributed by atoms with Crippen molar-refractivity contribution < 1.29 is 28.7 Å². The lowest BCUT2D eigenvalue weighted by Gasteiger charge is -2.35. The molecule has 0 bridgehead atoms. The molecule has 4 aromatic rings. The third-order valence-corrected chi connectivity index (χ3v) is 14.5. The van der Waals surface area contributed by atoms with E-state index in [1.54, 1.807) is 0 Å². The molecular formula is C54H68N6O6. The Morgan fingerprint density at radius 1 is 0.515 bits per heavy atom. The molecule has 0 aromatic heterocycles. The Hall–Kier alpha value is -5.40. The highest BCUT2D eigenvalue weighted by Gasteiger charge is 2.38. The second-order valence-electron chi connectivity index (χ2n) is 18.7. The maximum absolute atomic E-state index is 14.4. The third kappa shape index (κ3) is 11.8. The Bertz CT molecular complexity index is 2040. The van der Waals surface area contributed by atoms with Crippen LogP contribution in [0.15, 0.2) is 109 Å². The minimum atomic E-state index is -0.562. The number of nitrogens with zero attached hydrogens (tertiary/aromatic N) is 4. The smallest absolute Gasteiger partial charge is 0.253 e. The Labute approximate surface area is 390 Å². The maximum Gasteiger partial charge on any atom is 0.253 e. The highest BCUT2D eigenvalue weighted by molar-refractivity contribution is 5.96. The topological polar surface area (TPSA) is 152 Å². The molecular weight excluding hydrogens is 829 g/mol. The summed E-state index contributed by atoms with van der Waals surface area (Å²) in [6, 6.07) is 34.4. The summed E-state index contributed by atoms with van der Waals surface area (Å²) in [6.07, 6.45) is 7.97. The molecule has 0 aliphatic carbocycles. The molecule has 4 saturated heterocycles. The standard InChI is InChI=1S/C54H68N6O6/c55-49(43-25-33-65-34-26-43)53(63)59-29-7-13-47(59)37-57(31-23-39-9-3-1-4-10-39)51(61)45-19-15-41(16-20-45)42-17-21-46(22-18-42)52(62)58(32-24-40-11-5-2-6-12-40)38-48-14-8-30-60(48)54(64)50(56)44-27-35-66-36-28-44/h1-6,9-12,15-22,43-44,47-50H,7-8,13-14,23-38,55-56H2/t47-,48-,49-,50-/m0/s1. The second-order valence-corrected chi connectivity index (χ2v) is 18.7. The molecule has 4 N–H and O–H groups in total. The van der Waals surface area contributed by atoms with Crippen LogP contribution >= 0.6 is 0 Å². The van der Waals surface area contributed by atoms with E-state index in [0.717, 1.165) is 73.6 Å². The van der Waals surface area contributed by atoms with Crippen LogP contribution in [-0.4, -0.2) is 133 Å². The second kappa shape index (κ2) is 22.9.